The van der Waals surface area contributed by atoms with Gasteiger partial charge in [-0.2, -0.15) is 4.57 Å². The fraction of sp³-hybridized carbons (Fsp3) is 0.308. The number of hydrogen-bond acceptors (Lipinski definition) is 4. The Kier molecular flexibility index (Phi) is 6.17. The number of aromatic nitrogens is 3. The summed E-state index contributed by atoms with van der Waals surface area (Å²) >= 11 is 6.02. The van der Waals surface area contributed by atoms with Gasteiger partial charge in [-0.1, -0.05) is 18.5 Å². The van der Waals surface area contributed by atoms with Gasteiger partial charge in [-0.3, -0.25) is 24.4 Å². The number of nitrogens with one attached hydrogen (secondary N) is 1. The van der Waals surface area contributed by atoms with E-state index in [1.54, 1.807) is 41.2 Å². The number of halogens is 1. The maximum absolute atomic E-state index is 13.8. The van der Waals surface area contributed by atoms with Gasteiger partial charge in [0.1, 0.15) is 5.57 Å². The Labute approximate surface area is 207 Å². The van der Waals surface area contributed by atoms with Crippen molar-refractivity contribution in [2.45, 2.75) is 39.2 Å². The molecular weight excluding hydrogens is 468 g/mol. The lowest BCUT2D eigenvalue weighted by Gasteiger charge is -2.18. The van der Waals surface area contributed by atoms with Crippen molar-refractivity contribution in [3.63, 3.8) is 0 Å². The van der Waals surface area contributed by atoms with Gasteiger partial charge in [0, 0.05) is 29.0 Å². The summed E-state index contributed by atoms with van der Waals surface area (Å²) in [5.41, 5.74) is 2.16. The van der Waals surface area contributed by atoms with Crippen LogP contribution in [0.25, 0.3) is 17.0 Å². The molecule has 4 heterocycles. The largest absolute Gasteiger partial charge is 0.376 e. The maximum atomic E-state index is 13.8. The van der Waals surface area contributed by atoms with Crippen molar-refractivity contribution in [1.82, 2.24) is 14.7 Å². The molecule has 1 saturated heterocycles. The van der Waals surface area contributed by atoms with E-state index in [1.165, 1.54) is 9.58 Å². The second-order valence-corrected chi connectivity index (χ2v) is 9.24. The smallest absolute Gasteiger partial charge is 0.327 e. The van der Waals surface area contributed by atoms with Gasteiger partial charge in [-0.25, -0.2) is 4.68 Å². The van der Waals surface area contributed by atoms with Crippen LogP contribution in [0.5, 0.6) is 0 Å². The number of hydrogen-bond donors (Lipinski definition) is 1. The number of H-pyrrole nitrogens is 1. The number of nitrogens with zero attached hydrogens (tertiary/aromatic N) is 3. The minimum absolute atomic E-state index is 0.106. The van der Waals surface area contributed by atoms with Crippen LogP contribution < -0.4 is 10.1 Å². The normalized spacial score (nSPS) is 18.3. The molecule has 0 aliphatic carbocycles. The number of pyridine rings is 1. The molecule has 1 fully saturated rings. The Morgan fingerprint density at radius 3 is 2.57 bits per heavy atom. The van der Waals surface area contributed by atoms with Crippen molar-refractivity contribution < 1.29 is 18.9 Å². The van der Waals surface area contributed by atoms with E-state index in [0.29, 0.717) is 29.4 Å². The molecule has 1 atom stereocenters. The van der Waals surface area contributed by atoms with E-state index in [4.69, 9.17) is 16.3 Å². The first-order valence-corrected chi connectivity index (χ1v) is 12.1. The summed E-state index contributed by atoms with van der Waals surface area (Å²) in [6, 6.07) is 10.5. The van der Waals surface area contributed by atoms with Crippen molar-refractivity contribution in [3.05, 3.63) is 81.0 Å². The average molecular weight is 494 g/mol. The van der Waals surface area contributed by atoms with Gasteiger partial charge >= 0.3 is 5.91 Å². The van der Waals surface area contributed by atoms with Crippen molar-refractivity contribution in [3.8, 4) is 5.69 Å². The fourth-order valence-corrected chi connectivity index (χ4v) is 4.81. The van der Waals surface area contributed by atoms with E-state index >= 15 is 0 Å². The second kappa shape index (κ2) is 9.28. The number of aromatic amines is 1. The van der Waals surface area contributed by atoms with E-state index in [-0.39, 0.29) is 29.5 Å². The molecule has 3 aromatic rings. The Hall–Kier alpha value is -3.49. The summed E-state index contributed by atoms with van der Waals surface area (Å²) in [5.74, 6) is -0.916. The predicted molar refractivity (Wildman–Crippen MR) is 131 cm³/mol. The van der Waals surface area contributed by atoms with E-state index in [2.05, 4.69) is 5.10 Å². The molecule has 1 unspecified atom stereocenters. The fourth-order valence-electron chi connectivity index (χ4n) is 4.69. The lowest BCUT2D eigenvalue weighted by atomic mass is 10.0. The molecule has 5 rings (SSSR count). The summed E-state index contributed by atoms with van der Waals surface area (Å²) in [6.07, 6.45) is 5.45. The van der Waals surface area contributed by atoms with E-state index in [0.717, 1.165) is 18.4 Å². The third kappa shape index (κ3) is 4.13. The van der Waals surface area contributed by atoms with Crippen LogP contribution in [0.15, 0.2) is 53.6 Å². The molecule has 2 aromatic heterocycles. The number of carbonyl (C=O) groups excluding carboxylic acids is 2. The van der Waals surface area contributed by atoms with E-state index < -0.39 is 17.4 Å². The lowest BCUT2D eigenvalue weighted by Crippen LogP contribution is -2.42. The van der Waals surface area contributed by atoms with Crippen LogP contribution in [0.4, 0.5) is 0 Å². The van der Waals surface area contributed by atoms with Crippen LogP contribution in [0.1, 0.15) is 36.6 Å². The molecule has 0 bridgehead atoms. The third-order valence-corrected chi connectivity index (χ3v) is 6.67. The topological polar surface area (TPSA) is 88.3 Å². The monoisotopic (exact) mass is 493 g/mol. The van der Waals surface area contributed by atoms with Gasteiger partial charge in [-0.15, -0.1) is 0 Å². The van der Waals surface area contributed by atoms with E-state index in [9.17, 15) is 14.4 Å². The Balaban J connectivity index is 1.70. The van der Waals surface area contributed by atoms with Crippen molar-refractivity contribution >= 4 is 34.7 Å². The molecule has 2 aliphatic rings. The number of amides is 2. The van der Waals surface area contributed by atoms with E-state index in [1.807, 2.05) is 26.0 Å². The molecular formula is C26H26ClN4O4+. The minimum atomic E-state index is -0.483. The Bertz CT molecular complexity index is 1400. The van der Waals surface area contributed by atoms with Crippen LogP contribution in [-0.4, -0.2) is 45.8 Å². The zero-order valence-electron chi connectivity index (χ0n) is 19.6. The number of carbonyl (C=O) groups is 2. The Morgan fingerprint density at radius 1 is 1.14 bits per heavy atom. The predicted octanol–water partition coefficient (Wildman–Crippen LogP) is 2.89. The summed E-state index contributed by atoms with van der Waals surface area (Å²) in [4.78, 5) is 42.4. The van der Waals surface area contributed by atoms with Gasteiger partial charge < -0.3 is 4.74 Å². The SMILES string of the molecule is CCc1[nH]n(-c2ccc(Cl)cc2)c(=O)c1C1=C([n+]2cccc(C)c2)C(=O)N(CC2CCCO2)C1=O. The number of benzene rings is 1. The van der Waals surface area contributed by atoms with Gasteiger partial charge in [0.25, 0.3) is 17.2 Å². The molecule has 8 nitrogen and oxygen atoms in total. The number of imide groups is 1. The second-order valence-electron chi connectivity index (χ2n) is 8.80. The molecule has 35 heavy (non-hydrogen) atoms. The van der Waals surface area contributed by atoms with Gasteiger partial charge in [-0.05, 0) is 56.5 Å². The average Bonchev–Trinajstić information content (AvgIpc) is 3.53. The van der Waals surface area contributed by atoms with Gasteiger partial charge in [0.2, 0.25) is 0 Å². The summed E-state index contributed by atoms with van der Waals surface area (Å²) < 4.78 is 8.72. The van der Waals surface area contributed by atoms with Crippen LogP contribution in [-0.2, 0) is 20.7 Å². The number of rotatable bonds is 6. The third-order valence-electron chi connectivity index (χ3n) is 6.41. The van der Waals surface area contributed by atoms with Crippen LogP contribution in [0, 0.1) is 6.92 Å². The summed E-state index contributed by atoms with van der Waals surface area (Å²) in [6.45, 7) is 4.58. The zero-order valence-corrected chi connectivity index (χ0v) is 20.3. The lowest BCUT2D eigenvalue weighted by molar-refractivity contribution is -0.577. The molecule has 0 radical (unpaired) electrons. The summed E-state index contributed by atoms with van der Waals surface area (Å²) in [5, 5.41) is 3.68. The number of aryl methyl sites for hydroxylation is 2. The first-order chi connectivity index (χ1) is 16.9. The molecule has 180 valence electrons. The van der Waals surface area contributed by atoms with Gasteiger partial charge in [0.05, 0.1) is 23.9 Å². The minimum Gasteiger partial charge on any atom is -0.376 e. The molecule has 2 amide bonds. The number of ether oxygens (including phenoxy) is 1. The molecule has 1 aromatic carbocycles. The van der Waals surface area contributed by atoms with Crippen molar-refractivity contribution in [2.75, 3.05) is 13.2 Å². The maximum Gasteiger partial charge on any atom is 0.327 e. The first kappa shape index (κ1) is 23.3. The standard InChI is InChI=1S/C26H25ClN4O4/c1-3-20-21(25(33)31(28-20)18-10-8-17(27)9-11-18)22-23(29-12-4-6-16(2)14-29)26(34)30(24(22)32)15-19-7-5-13-35-19/h4,6,8-12,14,19H,3,5,7,13,15H2,1-2H3/p+1. The van der Waals surface area contributed by atoms with Crippen molar-refractivity contribution in [1.29, 1.82) is 0 Å². The first-order valence-electron chi connectivity index (χ1n) is 11.7. The van der Waals surface area contributed by atoms with Crippen LogP contribution in [0.2, 0.25) is 5.02 Å². The Morgan fingerprint density at radius 2 is 1.91 bits per heavy atom. The zero-order chi connectivity index (χ0) is 24.7. The highest BCUT2D eigenvalue weighted by atomic mass is 35.5. The van der Waals surface area contributed by atoms with Crippen LogP contribution >= 0.6 is 11.6 Å². The highest BCUT2D eigenvalue weighted by Crippen LogP contribution is 2.31. The molecule has 2 aliphatic heterocycles. The highest BCUT2D eigenvalue weighted by Gasteiger charge is 2.48. The molecule has 0 saturated carbocycles. The summed E-state index contributed by atoms with van der Waals surface area (Å²) in [7, 11) is 0. The van der Waals surface area contributed by atoms with Crippen LogP contribution in [0.3, 0.4) is 0 Å². The molecule has 9 heteroatoms. The quantitative estimate of drug-likeness (QED) is 0.422. The molecule has 0 spiro atoms. The molecule has 1 N–H and O–H groups in total. The highest BCUT2D eigenvalue weighted by molar-refractivity contribution is 6.44. The van der Waals surface area contributed by atoms with Gasteiger partial charge in [0.15, 0.2) is 12.4 Å². The van der Waals surface area contributed by atoms with Crippen molar-refractivity contribution in [2.24, 2.45) is 0 Å².